The molecular weight excluding hydrogens is 256 g/mol. The van der Waals surface area contributed by atoms with Crippen molar-refractivity contribution in [3.05, 3.63) is 34.4 Å². The highest BCUT2D eigenvalue weighted by Gasteiger charge is 2.15. The lowest BCUT2D eigenvalue weighted by molar-refractivity contribution is 0.0524. The van der Waals surface area contributed by atoms with Gasteiger partial charge in [-0.1, -0.05) is 33.6 Å². The second kappa shape index (κ2) is 5.31. The van der Waals surface area contributed by atoms with Crippen molar-refractivity contribution in [2.45, 2.75) is 26.1 Å². The number of esters is 1. The average molecular weight is 271 g/mol. The first kappa shape index (κ1) is 12.2. The summed E-state index contributed by atoms with van der Waals surface area (Å²) in [5.41, 5.74) is 3.82. The summed E-state index contributed by atoms with van der Waals surface area (Å²) in [6, 6.07) is 4.01. The molecule has 0 aliphatic rings. The Morgan fingerprint density at radius 1 is 1.40 bits per heavy atom. The Hall–Kier alpha value is -0.830. The predicted molar refractivity (Wildman–Crippen MR) is 64.5 cm³/mol. The minimum absolute atomic E-state index is 0.232. The molecule has 0 radical (unpaired) electrons. The zero-order valence-electron chi connectivity index (χ0n) is 9.26. The minimum atomic E-state index is -0.232. The standard InChI is InChI=1S/C12H15BrO2/c1-4-15-12(14)11-9(3)5-8(2)6-10(11)7-13/h5-6H,4,7H2,1-3H3. The van der Waals surface area contributed by atoms with Gasteiger partial charge in [0.05, 0.1) is 12.2 Å². The quantitative estimate of drug-likeness (QED) is 0.622. The Labute approximate surface area is 98.8 Å². The van der Waals surface area contributed by atoms with Crippen molar-refractivity contribution in [2.24, 2.45) is 0 Å². The van der Waals surface area contributed by atoms with Crippen molar-refractivity contribution in [3.63, 3.8) is 0 Å². The van der Waals surface area contributed by atoms with Crippen molar-refractivity contribution >= 4 is 21.9 Å². The first-order valence-electron chi connectivity index (χ1n) is 4.93. The summed E-state index contributed by atoms with van der Waals surface area (Å²) in [7, 11) is 0. The van der Waals surface area contributed by atoms with E-state index in [1.165, 1.54) is 0 Å². The molecule has 0 saturated carbocycles. The van der Waals surface area contributed by atoms with Crippen molar-refractivity contribution in [1.29, 1.82) is 0 Å². The number of alkyl halides is 1. The lowest BCUT2D eigenvalue weighted by atomic mass is 10.00. The molecule has 1 aromatic rings. The van der Waals surface area contributed by atoms with E-state index in [2.05, 4.69) is 15.9 Å². The largest absolute Gasteiger partial charge is 0.462 e. The number of benzene rings is 1. The third kappa shape index (κ3) is 2.81. The van der Waals surface area contributed by atoms with Crippen molar-refractivity contribution in [3.8, 4) is 0 Å². The van der Waals surface area contributed by atoms with Gasteiger partial charge in [-0.05, 0) is 31.9 Å². The van der Waals surface area contributed by atoms with E-state index in [1.807, 2.05) is 32.9 Å². The summed E-state index contributed by atoms with van der Waals surface area (Å²) >= 11 is 3.39. The van der Waals surface area contributed by atoms with Gasteiger partial charge in [0.1, 0.15) is 0 Å². The number of carbonyl (C=O) groups is 1. The molecule has 0 heterocycles. The Bertz CT molecular complexity index is 372. The molecule has 2 nitrogen and oxygen atoms in total. The fourth-order valence-corrected chi connectivity index (χ4v) is 2.10. The highest BCUT2D eigenvalue weighted by Crippen LogP contribution is 2.20. The number of hydrogen-bond acceptors (Lipinski definition) is 2. The van der Waals surface area contributed by atoms with Crippen LogP contribution in [0.5, 0.6) is 0 Å². The highest BCUT2D eigenvalue weighted by molar-refractivity contribution is 9.08. The number of halogens is 1. The van der Waals surface area contributed by atoms with Gasteiger partial charge in [-0.25, -0.2) is 4.79 Å². The molecule has 0 saturated heterocycles. The molecule has 1 rings (SSSR count). The molecule has 3 heteroatoms. The van der Waals surface area contributed by atoms with E-state index in [9.17, 15) is 4.79 Å². The van der Waals surface area contributed by atoms with Crippen molar-refractivity contribution in [1.82, 2.24) is 0 Å². The highest BCUT2D eigenvalue weighted by atomic mass is 79.9. The van der Waals surface area contributed by atoms with Crippen LogP contribution in [-0.4, -0.2) is 12.6 Å². The van der Waals surface area contributed by atoms with Crippen molar-refractivity contribution in [2.75, 3.05) is 6.61 Å². The average Bonchev–Trinajstić information content (AvgIpc) is 2.16. The summed E-state index contributed by atoms with van der Waals surface area (Å²) < 4.78 is 5.03. The van der Waals surface area contributed by atoms with E-state index >= 15 is 0 Å². The van der Waals surface area contributed by atoms with Crippen LogP contribution in [0.3, 0.4) is 0 Å². The van der Waals surface area contributed by atoms with Gasteiger partial charge < -0.3 is 4.74 Å². The fourth-order valence-electron chi connectivity index (χ4n) is 1.66. The second-order valence-electron chi connectivity index (χ2n) is 3.47. The molecule has 0 aromatic heterocycles. The van der Waals surface area contributed by atoms with Crippen LogP contribution < -0.4 is 0 Å². The third-order valence-electron chi connectivity index (χ3n) is 2.19. The Morgan fingerprint density at radius 3 is 2.60 bits per heavy atom. The van der Waals surface area contributed by atoms with Crippen LogP contribution in [-0.2, 0) is 10.1 Å². The van der Waals surface area contributed by atoms with Gasteiger partial charge in [0.25, 0.3) is 0 Å². The maximum atomic E-state index is 11.7. The molecule has 0 atom stereocenters. The van der Waals surface area contributed by atoms with Gasteiger partial charge in [0, 0.05) is 5.33 Å². The van der Waals surface area contributed by atoms with E-state index in [0.717, 1.165) is 16.7 Å². The summed E-state index contributed by atoms with van der Waals surface area (Å²) in [6.45, 7) is 6.18. The molecule has 15 heavy (non-hydrogen) atoms. The zero-order chi connectivity index (χ0) is 11.4. The second-order valence-corrected chi connectivity index (χ2v) is 4.03. The maximum absolute atomic E-state index is 11.7. The third-order valence-corrected chi connectivity index (χ3v) is 2.79. The lowest BCUT2D eigenvalue weighted by Crippen LogP contribution is -2.10. The SMILES string of the molecule is CCOC(=O)c1c(C)cc(C)cc1CBr. The molecular formula is C12H15BrO2. The van der Waals surface area contributed by atoms with Gasteiger partial charge in [0.2, 0.25) is 0 Å². The number of aryl methyl sites for hydroxylation is 2. The minimum Gasteiger partial charge on any atom is -0.462 e. The predicted octanol–water partition coefficient (Wildman–Crippen LogP) is 3.38. The fraction of sp³-hybridized carbons (Fsp3) is 0.417. The first-order valence-corrected chi connectivity index (χ1v) is 6.05. The van der Waals surface area contributed by atoms with Crippen LogP contribution in [0, 0.1) is 13.8 Å². The summed E-state index contributed by atoms with van der Waals surface area (Å²) in [6.07, 6.45) is 0. The zero-order valence-corrected chi connectivity index (χ0v) is 10.8. The van der Waals surface area contributed by atoms with Crippen LogP contribution in [0.15, 0.2) is 12.1 Å². The normalized spacial score (nSPS) is 10.1. The smallest absolute Gasteiger partial charge is 0.338 e. The Morgan fingerprint density at radius 2 is 2.07 bits per heavy atom. The van der Waals surface area contributed by atoms with Crippen LogP contribution in [0.1, 0.15) is 34.0 Å². The molecule has 0 spiro atoms. The molecule has 82 valence electrons. The van der Waals surface area contributed by atoms with E-state index in [-0.39, 0.29) is 5.97 Å². The molecule has 0 fully saturated rings. The number of hydrogen-bond donors (Lipinski definition) is 0. The van der Waals surface area contributed by atoms with Crippen LogP contribution in [0.2, 0.25) is 0 Å². The van der Waals surface area contributed by atoms with Gasteiger partial charge >= 0.3 is 5.97 Å². The number of ether oxygens (including phenoxy) is 1. The molecule has 0 bridgehead atoms. The van der Waals surface area contributed by atoms with Gasteiger partial charge in [-0.15, -0.1) is 0 Å². The Balaban J connectivity index is 3.20. The van der Waals surface area contributed by atoms with Crippen molar-refractivity contribution < 1.29 is 9.53 Å². The van der Waals surface area contributed by atoms with Gasteiger partial charge in [-0.3, -0.25) is 0 Å². The summed E-state index contributed by atoms with van der Waals surface area (Å²) in [5.74, 6) is -0.232. The van der Waals surface area contributed by atoms with E-state index in [0.29, 0.717) is 17.5 Å². The monoisotopic (exact) mass is 270 g/mol. The number of rotatable bonds is 3. The molecule has 0 amide bonds. The topological polar surface area (TPSA) is 26.3 Å². The molecule has 0 aliphatic carbocycles. The van der Waals surface area contributed by atoms with E-state index in [4.69, 9.17) is 4.74 Å². The van der Waals surface area contributed by atoms with Gasteiger partial charge in [-0.2, -0.15) is 0 Å². The van der Waals surface area contributed by atoms with E-state index in [1.54, 1.807) is 0 Å². The maximum Gasteiger partial charge on any atom is 0.338 e. The van der Waals surface area contributed by atoms with Crippen LogP contribution >= 0.6 is 15.9 Å². The Kier molecular flexibility index (Phi) is 4.33. The summed E-state index contributed by atoms with van der Waals surface area (Å²) in [5, 5.41) is 0.670. The van der Waals surface area contributed by atoms with Gasteiger partial charge in [0.15, 0.2) is 0 Å². The van der Waals surface area contributed by atoms with Crippen LogP contribution in [0.25, 0.3) is 0 Å². The molecule has 0 N–H and O–H groups in total. The lowest BCUT2D eigenvalue weighted by Gasteiger charge is -2.11. The number of carbonyl (C=O) groups excluding carboxylic acids is 1. The molecule has 0 unspecified atom stereocenters. The summed E-state index contributed by atoms with van der Waals surface area (Å²) in [4.78, 5) is 11.7. The molecule has 1 aromatic carbocycles. The first-order chi connectivity index (χ1) is 7.10. The van der Waals surface area contributed by atoms with E-state index < -0.39 is 0 Å². The molecule has 0 aliphatic heterocycles. The van der Waals surface area contributed by atoms with Crippen LogP contribution in [0.4, 0.5) is 0 Å².